The van der Waals surface area contributed by atoms with Crippen LogP contribution in [0.25, 0.3) is 0 Å². The lowest BCUT2D eigenvalue weighted by Crippen LogP contribution is -2.38. The molecule has 0 aliphatic heterocycles. The van der Waals surface area contributed by atoms with Crippen LogP contribution in [0.3, 0.4) is 0 Å². The minimum Gasteiger partial charge on any atom is -0.462 e. The first-order valence-corrected chi connectivity index (χ1v) is 9.33. The minimum absolute atomic E-state index is 0.0625. The molecule has 0 bridgehead atoms. The molecule has 4 atom stereocenters. The van der Waals surface area contributed by atoms with E-state index >= 15 is 0 Å². The molecule has 1 aliphatic carbocycles. The van der Waals surface area contributed by atoms with Crippen LogP contribution in [0.5, 0.6) is 0 Å². The van der Waals surface area contributed by atoms with Crippen molar-refractivity contribution in [2.24, 2.45) is 17.8 Å². The van der Waals surface area contributed by atoms with Crippen LogP contribution in [0.15, 0.2) is 0 Å². The molecule has 0 spiro atoms. The molecular formula is C19H34O5. The zero-order valence-electron chi connectivity index (χ0n) is 15.9. The van der Waals surface area contributed by atoms with E-state index in [1.807, 2.05) is 0 Å². The second-order valence-corrected chi connectivity index (χ2v) is 7.20. The van der Waals surface area contributed by atoms with Crippen molar-refractivity contribution in [2.75, 3.05) is 13.2 Å². The van der Waals surface area contributed by atoms with Gasteiger partial charge in [0.15, 0.2) is 6.10 Å². The van der Waals surface area contributed by atoms with Gasteiger partial charge in [0, 0.05) is 12.8 Å². The molecule has 1 saturated carbocycles. The van der Waals surface area contributed by atoms with Gasteiger partial charge in [0.2, 0.25) is 0 Å². The lowest BCUT2D eigenvalue weighted by molar-refractivity contribution is -0.166. The highest BCUT2D eigenvalue weighted by atomic mass is 16.6. The van der Waals surface area contributed by atoms with Gasteiger partial charge in [-0.2, -0.15) is 0 Å². The van der Waals surface area contributed by atoms with E-state index in [1.165, 1.54) is 12.8 Å². The van der Waals surface area contributed by atoms with E-state index in [2.05, 4.69) is 20.8 Å². The summed E-state index contributed by atoms with van der Waals surface area (Å²) in [6, 6.07) is 0. The second kappa shape index (κ2) is 10.7. The number of carbonyl (C=O) groups is 2. The molecule has 1 aliphatic rings. The summed E-state index contributed by atoms with van der Waals surface area (Å²) in [7, 11) is 0. The molecule has 5 heteroatoms. The summed E-state index contributed by atoms with van der Waals surface area (Å²) >= 11 is 0. The summed E-state index contributed by atoms with van der Waals surface area (Å²) in [5, 5.41) is 0. The molecule has 24 heavy (non-hydrogen) atoms. The third kappa shape index (κ3) is 7.20. The van der Waals surface area contributed by atoms with Gasteiger partial charge in [0.05, 0.1) is 12.7 Å². The zero-order chi connectivity index (χ0) is 18.1. The van der Waals surface area contributed by atoms with Crippen LogP contribution in [0.1, 0.15) is 66.7 Å². The molecule has 140 valence electrons. The second-order valence-electron chi connectivity index (χ2n) is 7.20. The summed E-state index contributed by atoms with van der Waals surface area (Å²) in [6.07, 6.45) is 3.71. The normalized spacial score (nSPS) is 25.3. The van der Waals surface area contributed by atoms with Crippen molar-refractivity contribution in [2.45, 2.75) is 78.9 Å². The Morgan fingerprint density at radius 3 is 2.29 bits per heavy atom. The SMILES string of the molecule is CCC(=O)OCC(COC1CC(C)CCC1C(C)C)OC(=O)CC. The quantitative estimate of drug-likeness (QED) is 0.597. The van der Waals surface area contributed by atoms with E-state index in [0.717, 1.165) is 6.42 Å². The molecule has 0 radical (unpaired) electrons. The highest BCUT2D eigenvalue weighted by molar-refractivity contribution is 5.70. The van der Waals surface area contributed by atoms with Crippen LogP contribution < -0.4 is 0 Å². The van der Waals surface area contributed by atoms with Crippen LogP contribution in [-0.4, -0.2) is 37.4 Å². The number of ether oxygens (including phenoxy) is 3. The zero-order valence-corrected chi connectivity index (χ0v) is 15.9. The summed E-state index contributed by atoms with van der Waals surface area (Å²) in [5.74, 6) is 1.16. The van der Waals surface area contributed by atoms with E-state index in [4.69, 9.17) is 14.2 Å². The lowest BCUT2D eigenvalue weighted by atomic mass is 9.75. The number of hydrogen-bond acceptors (Lipinski definition) is 5. The number of carbonyl (C=O) groups excluding carboxylic acids is 2. The Labute approximate surface area is 146 Å². The minimum atomic E-state index is -0.530. The largest absolute Gasteiger partial charge is 0.462 e. The van der Waals surface area contributed by atoms with Crippen LogP contribution >= 0.6 is 0 Å². The molecule has 1 fully saturated rings. The van der Waals surface area contributed by atoms with Gasteiger partial charge < -0.3 is 14.2 Å². The Balaban J connectivity index is 2.59. The first-order valence-electron chi connectivity index (χ1n) is 9.33. The van der Waals surface area contributed by atoms with Crippen molar-refractivity contribution in [3.05, 3.63) is 0 Å². The highest BCUT2D eigenvalue weighted by Crippen LogP contribution is 2.35. The Morgan fingerprint density at radius 2 is 1.71 bits per heavy atom. The summed E-state index contributed by atoms with van der Waals surface area (Å²) in [6.45, 7) is 10.5. The van der Waals surface area contributed by atoms with Crippen molar-refractivity contribution in [3.8, 4) is 0 Å². The van der Waals surface area contributed by atoms with E-state index < -0.39 is 6.10 Å². The monoisotopic (exact) mass is 342 g/mol. The molecule has 0 aromatic rings. The first-order chi connectivity index (χ1) is 11.4. The number of esters is 2. The van der Waals surface area contributed by atoms with Gasteiger partial charge >= 0.3 is 11.9 Å². The van der Waals surface area contributed by atoms with E-state index in [0.29, 0.717) is 30.6 Å². The fraction of sp³-hybridized carbons (Fsp3) is 0.895. The first kappa shape index (κ1) is 20.9. The van der Waals surface area contributed by atoms with Gasteiger partial charge in [-0.15, -0.1) is 0 Å². The molecule has 0 saturated heterocycles. The van der Waals surface area contributed by atoms with E-state index in [1.54, 1.807) is 13.8 Å². The Kier molecular flexibility index (Phi) is 9.34. The molecule has 0 heterocycles. The van der Waals surface area contributed by atoms with Gasteiger partial charge in [-0.1, -0.05) is 41.0 Å². The Hall–Kier alpha value is -1.10. The van der Waals surface area contributed by atoms with Crippen LogP contribution in [0.2, 0.25) is 0 Å². The van der Waals surface area contributed by atoms with Gasteiger partial charge in [0.25, 0.3) is 0 Å². The van der Waals surface area contributed by atoms with Gasteiger partial charge in [-0.05, 0) is 30.6 Å². The highest BCUT2D eigenvalue weighted by Gasteiger charge is 2.32. The van der Waals surface area contributed by atoms with Crippen LogP contribution in [-0.2, 0) is 23.8 Å². The molecule has 0 aromatic carbocycles. The van der Waals surface area contributed by atoms with Gasteiger partial charge in [0.1, 0.15) is 6.61 Å². The van der Waals surface area contributed by atoms with Crippen molar-refractivity contribution in [1.82, 2.24) is 0 Å². The maximum Gasteiger partial charge on any atom is 0.305 e. The molecule has 0 N–H and O–H groups in total. The predicted molar refractivity (Wildman–Crippen MR) is 92.5 cm³/mol. The Morgan fingerprint density at radius 1 is 1.04 bits per heavy atom. The van der Waals surface area contributed by atoms with Crippen LogP contribution in [0.4, 0.5) is 0 Å². The standard InChI is InChI=1S/C19H34O5/c1-6-18(20)23-12-15(24-19(21)7-2)11-22-17-10-14(5)8-9-16(17)13(3)4/h13-17H,6-12H2,1-5H3. The molecule has 0 amide bonds. The predicted octanol–water partition coefficient (Wildman–Crippen LogP) is 3.74. The maximum atomic E-state index is 11.6. The number of rotatable bonds is 9. The van der Waals surface area contributed by atoms with Crippen molar-refractivity contribution >= 4 is 11.9 Å². The smallest absolute Gasteiger partial charge is 0.305 e. The summed E-state index contributed by atoms with van der Waals surface area (Å²) in [5.41, 5.74) is 0. The lowest BCUT2D eigenvalue weighted by Gasteiger charge is -2.37. The molecule has 4 unspecified atom stereocenters. The number of hydrogen-bond donors (Lipinski definition) is 0. The molecule has 1 rings (SSSR count). The molecule has 5 nitrogen and oxygen atoms in total. The average molecular weight is 342 g/mol. The van der Waals surface area contributed by atoms with Gasteiger partial charge in [-0.3, -0.25) is 9.59 Å². The summed E-state index contributed by atoms with van der Waals surface area (Å²) in [4.78, 5) is 23.0. The third-order valence-electron chi connectivity index (χ3n) is 4.76. The average Bonchev–Trinajstić information content (AvgIpc) is 2.56. The fourth-order valence-corrected chi connectivity index (χ4v) is 3.21. The van der Waals surface area contributed by atoms with E-state index in [9.17, 15) is 9.59 Å². The summed E-state index contributed by atoms with van der Waals surface area (Å²) < 4.78 is 16.6. The van der Waals surface area contributed by atoms with E-state index in [-0.39, 0.29) is 31.3 Å². The molecular weight excluding hydrogens is 308 g/mol. The topological polar surface area (TPSA) is 61.8 Å². The third-order valence-corrected chi connectivity index (χ3v) is 4.76. The van der Waals surface area contributed by atoms with Gasteiger partial charge in [-0.25, -0.2) is 0 Å². The van der Waals surface area contributed by atoms with Crippen LogP contribution in [0, 0.1) is 17.8 Å². The van der Waals surface area contributed by atoms with Crippen molar-refractivity contribution in [3.63, 3.8) is 0 Å². The fourth-order valence-electron chi connectivity index (χ4n) is 3.21. The van der Waals surface area contributed by atoms with Crippen molar-refractivity contribution < 1.29 is 23.8 Å². The van der Waals surface area contributed by atoms with Crippen molar-refractivity contribution in [1.29, 1.82) is 0 Å². The molecule has 0 aromatic heterocycles. The Bertz CT molecular complexity index is 393. The maximum absolute atomic E-state index is 11.6.